The first kappa shape index (κ1) is 15.3. The average Bonchev–Trinajstić information content (AvgIpc) is 3.17. The number of hydrogen-bond acceptors (Lipinski definition) is 7. The molecule has 3 aromatic rings. The molecule has 0 aliphatic carbocycles. The van der Waals surface area contributed by atoms with Crippen molar-refractivity contribution in [2.75, 3.05) is 11.1 Å². The number of benzene rings is 1. The van der Waals surface area contributed by atoms with Crippen LogP contribution in [0.3, 0.4) is 0 Å². The summed E-state index contributed by atoms with van der Waals surface area (Å²) in [6.07, 6.45) is 0.305. The van der Waals surface area contributed by atoms with Gasteiger partial charge in [0.2, 0.25) is 11.8 Å². The van der Waals surface area contributed by atoms with Crippen LogP contribution >= 0.6 is 11.8 Å². The number of aromatic nitrogens is 3. The van der Waals surface area contributed by atoms with E-state index in [0.717, 1.165) is 5.56 Å². The van der Waals surface area contributed by atoms with Crippen LogP contribution in [0.5, 0.6) is 0 Å². The number of thioether (sulfide) groups is 1. The third-order valence-electron chi connectivity index (χ3n) is 2.88. The van der Waals surface area contributed by atoms with Crippen molar-refractivity contribution in [1.82, 2.24) is 15.4 Å². The van der Waals surface area contributed by atoms with Gasteiger partial charge in [-0.25, -0.2) is 0 Å². The smallest absolute Gasteiger partial charge is 0.276 e. The van der Waals surface area contributed by atoms with Crippen LogP contribution in [0.4, 0.5) is 5.82 Å². The maximum absolute atomic E-state index is 11.8. The van der Waals surface area contributed by atoms with E-state index in [4.69, 9.17) is 8.94 Å². The Kier molecular flexibility index (Phi) is 4.72. The molecule has 1 aromatic carbocycles. The Hall–Kier alpha value is -2.61. The van der Waals surface area contributed by atoms with Crippen LogP contribution < -0.4 is 5.32 Å². The lowest BCUT2D eigenvalue weighted by Gasteiger charge is -1.99. The summed E-state index contributed by atoms with van der Waals surface area (Å²) in [5.41, 5.74) is 0.867. The summed E-state index contributed by atoms with van der Waals surface area (Å²) in [4.78, 5) is 11.8. The maximum Gasteiger partial charge on any atom is 0.276 e. The highest BCUT2D eigenvalue weighted by atomic mass is 32.2. The lowest BCUT2D eigenvalue weighted by molar-refractivity contribution is -0.115. The van der Waals surface area contributed by atoms with E-state index in [-0.39, 0.29) is 5.91 Å². The Labute approximate surface area is 136 Å². The lowest BCUT2D eigenvalue weighted by atomic mass is 10.2. The highest BCUT2D eigenvalue weighted by molar-refractivity contribution is 7.99. The van der Waals surface area contributed by atoms with Crippen molar-refractivity contribution < 1.29 is 13.7 Å². The minimum absolute atomic E-state index is 0.145. The van der Waals surface area contributed by atoms with Crippen molar-refractivity contribution in [2.45, 2.75) is 18.6 Å². The fraction of sp³-hybridized carbons (Fsp3) is 0.200. The number of aryl methyl sites for hydroxylation is 1. The average molecular weight is 330 g/mol. The normalized spacial score (nSPS) is 10.7. The summed E-state index contributed by atoms with van der Waals surface area (Å²) in [6.45, 7) is 1.76. The zero-order chi connectivity index (χ0) is 16.1. The quantitative estimate of drug-likeness (QED) is 0.694. The maximum atomic E-state index is 11.8. The van der Waals surface area contributed by atoms with Crippen LogP contribution in [0.25, 0.3) is 11.5 Å². The molecule has 23 heavy (non-hydrogen) atoms. The number of rotatable bonds is 6. The van der Waals surface area contributed by atoms with Crippen molar-refractivity contribution in [3.8, 4) is 11.5 Å². The van der Waals surface area contributed by atoms with E-state index in [1.54, 1.807) is 13.0 Å². The van der Waals surface area contributed by atoms with Crippen molar-refractivity contribution in [3.05, 3.63) is 42.2 Å². The molecular formula is C15H14N4O3S. The highest BCUT2D eigenvalue weighted by Crippen LogP contribution is 2.23. The molecule has 2 heterocycles. The zero-order valence-electron chi connectivity index (χ0n) is 12.4. The van der Waals surface area contributed by atoms with Crippen LogP contribution in [0.2, 0.25) is 0 Å². The van der Waals surface area contributed by atoms with Crippen LogP contribution in [0.1, 0.15) is 12.2 Å². The van der Waals surface area contributed by atoms with Crippen LogP contribution in [-0.2, 0) is 4.79 Å². The molecule has 0 spiro atoms. The van der Waals surface area contributed by atoms with Crippen molar-refractivity contribution in [1.29, 1.82) is 0 Å². The highest BCUT2D eigenvalue weighted by Gasteiger charge is 2.10. The standard InChI is InChI=1S/C15H14N4O3S/c1-10-9-12(19-22-10)16-13(20)7-8-23-15-18-17-14(21-15)11-5-3-2-4-6-11/h2-6,9H,7-8H2,1H3,(H,16,19,20). The molecule has 2 aromatic heterocycles. The van der Waals surface area contributed by atoms with E-state index in [0.29, 0.717) is 34.9 Å². The van der Waals surface area contributed by atoms with E-state index < -0.39 is 0 Å². The molecule has 0 saturated carbocycles. The number of carbonyl (C=O) groups is 1. The molecule has 118 valence electrons. The SMILES string of the molecule is Cc1cc(NC(=O)CCSc2nnc(-c3ccccc3)o2)no1. The molecular weight excluding hydrogens is 316 g/mol. The van der Waals surface area contributed by atoms with E-state index in [1.165, 1.54) is 11.8 Å². The van der Waals surface area contributed by atoms with Gasteiger partial charge in [-0.3, -0.25) is 4.79 Å². The largest absolute Gasteiger partial charge is 0.411 e. The third kappa shape index (κ3) is 4.19. The predicted octanol–water partition coefficient (Wildman–Crippen LogP) is 3.15. The molecule has 1 N–H and O–H groups in total. The van der Waals surface area contributed by atoms with E-state index in [2.05, 4.69) is 20.7 Å². The second kappa shape index (κ2) is 7.10. The van der Waals surface area contributed by atoms with Gasteiger partial charge in [-0.1, -0.05) is 35.1 Å². The summed E-state index contributed by atoms with van der Waals surface area (Å²) in [7, 11) is 0. The molecule has 0 saturated heterocycles. The second-order valence-electron chi connectivity index (χ2n) is 4.71. The van der Waals surface area contributed by atoms with E-state index >= 15 is 0 Å². The summed E-state index contributed by atoms with van der Waals surface area (Å²) >= 11 is 1.34. The Morgan fingerprint density at radius 2 is 2.09 bits per heavy atom. The first-order chi connectivity index (χ1) is 11.2. The Morgan fingerprint density at radius 3 is 2.83 bits per heavy atom. The molecule has 1 amide bonds. The van der Waals surface area contributed by atoms with Gasteiger partial charge in [-0.15, -0.1) is 10.2 Å². The van der Waals surface area contributed by atoms with Crippen LogP contribution in [0.15, 0.2) is 50.6 Å². The van der Waals surface area contributed by atoms with Crippen LogP contribution in [0, 0.1) is 6.92 Å². The van der Waals surface area contributed by atoms with Crippen LogP contribution in [-0.4, -0.2) is 27.0 Å². The third-order valence-corrected chi connectivity index (χ3v) is 3.70. The zero-order valence-corrected chi connectivity index (χ0v) is 13.2. The topological polar surface area (TPSA) is 94.1 Å². The molecule has 0 atom stereocenters. The van der Waals surface area contributed by atoms with Gasteiger partial charge < -0.3 is 14.3 Å². The fourth-order valence-corrected chi connectivity index (χ4v) is 2.53. The molecule has 0 radical (unpaired) electrons. The van der Waals surface area contributed by atoms with Crippen molar-refractivity contribution in [2.24, 2.45) is 0 Å². The number of nitrogens with zero attached hydrogens (tertiary/aromatic N) is 3. The lowest BCUT2D eigenvalue weighted by Crippen LogP contribution is -2.12. The Balaban J connectivity index is 1.47. The van der Waals surface area contributed by atoms with Gasteiger partial charge in [0, 0.05) is 23.8 Å². The summed E-state index contributed by atoms with van der Waals surface area (Å²) in [5, 5.41) is 14.8. The predicted molar refractivity (Wildman–Crippen MR) is 84.9 cm³/mol. The number of amides is 1. The molecule has 0 aliphatic heterocycles. The molecule has 0 fully saturated rings. The van der Waals surface area contributed by atoms with E-state index in [1.807, 2.05) is 30.3 Å². The number of carbonyl (C=O) groups excluding carboxylic acids is 1. The second-order valence-corrected chi connectivity index (χ2v) is 5.75. The fourth-order valence-electron chi connectivity index (χ4n) is 1.83. The summed E-state index contributed by atoms with van der Waals surface area (Å²) < 4.78 is 10.4. The first-order valence-corrected chi connectivity index (χ1v) is 7.94. The first-order valence-electron chi connectivity index (χ1n) is 6.95. The van der Waals surface area contributed by atoms with Crippen molar-refractivity contribution in [3.63, 3.8) is 0 Å². The summed E-state index contributed by atoms with van der Waals surface area (Å²) in [5.74, 6) is 1.92. The Morgan fingerprint density at radius 1 is 1.26 bits per heavy atom. The van der Waals surface area contributed by atoms with Gasteiger partial charge in [0.25, 0.3) is 5.22 Å². The number of nitrogens with one attached hydrogen (secondary N) is 1. The number of anilines is 1. The van der Waals surface area contributed by atoms with E-state index in [9.17, 15) is 4.79 Å². The van der Waals surface area contributed by atoms with Gasteiger partial charge in [-0.2, -0.15) is 0 Å². The molecule has 0 bridgehead atoms. The number of hydrogen-bond donors (Lipinski definition) is 1. The van der Waals surface area contributed by atoms with Gasteiger partial charge in [-0.05, 0) is 19.1 Å². The monoisotopic (exact) mass is 330 g/mol. The molecule has 0 aliphatic rings. The Bertz CT molecular complexity index is 785. The molecule has 7 nitrogen and oxygen atoms in total. The van der Waals surface area contributed by atoms with Gasteiger partial charge in [0.15, 0.2) is 5.82 Å². The van der Waals surface area contributed by atoms with Gasteiger partial charge in [0.1, 0.15) is 5.76 Å². The minimum Gasteiger partial charge on any atom is -0.411 e. The minimum atomic E-state index is -0.145. The summed E-state index contributed by atoms with van der Waals surface area (Å²) in [6, 6.07) is 11.2. The van der Waals surface area contributed by atoms with Gasteiger partial charge >= 0.3 is 0 Å². The van der Waals surface area contributed by atoms with Gasteiger partial charge in [0.05, 0.1) is 0 Å². The molecule has 3 rings (SSSR count). The molecule has 8 heteroatoms. The van der Waals surface area contributed by atoms with Crippen molar-refractivity contribution >= 4 is 23.5 Å². The molecule has 0 unspecified atom stereocenters.